The van der Waals surface area contributed by atoms with Crippen LogP contribution >= 0.6 is 0 Å². The Balaban J connectivity index is -0.0000000346. The zero-order valence-corrected chi connectivity index (χ0v) is 29.8. The SMILES string of the molecule is COCCO.COCCO.COCCO.COCC[O-].COCC[O-].COCC[O-].COCC[O-].COCC[O-].[Al+3].[Mg+2]. The van der Waals surface area contributed by atoms with Crippen LogP contribution in [0.2, 0.25) is 0 Å². The van der Waals surface area contributed by atoms with Crippen molar-refractivity contribution in [3.05, 3.63) is 0 Å². The molecule has 0 aliphatic carbocycles. The fraction of sp³-hybridized carbons (Fsp3) is 1.00. The Bertz CT molecular complexity index is 185. The number of methoxy groups -OCH3 is 8. The van der Waals surface area contributed by atoms with Crippen LogP contribution in [0.3, 0.4) is 0 Å². The minimum atomic E-state index is -0.128. The maximum absolute atomic E-state index is 9.40. The molecule has 16 nitrogen and oxygen atoms in total. The van der Waals surface area contributed by atoms with Gasteiger partial charge in [0, 0.05) is 89.9 Å². The molecular weight excluding hydrogens is 596 g/mol. The Morgan fingerprint density at radius 1 is 0.333 bits per heavy atom. The van der Waals surface area contributed by atoms with Crippen LogP contribution in [-0.2, 0) is 37.9 Å². The average Bonchev–Trinajstić information content (AvgIpc) is 2.95. The number of aliphatic hydroxyl groups excluding tert-OH is 3. The maximum Gasteiger partial charge on any atom is 3.00 e. The Labute approximate surface area is 281 Å². The molecule has 0 radical (unpaired) electrons. The molecule has 0 aromatic rings. The third kappa shape index (κ3) is 230. The topological polar surface area (TPSA) is 250 Å². The van der Waals surface area contributed by atoms with Crippen molar-refractivity contribution in [2.24, 2.45) is 0 Å². The van der Waals surface area contributed by atoms with Gasteiger partial charge in [0.1, 0.15) is 0 Å². The molecule has 256 valence electrons. The van der Waals surface area contributed by atoms with E-state index in [4.69, 9.17) is 15.3 Å². The van der Waals surface area contributed by atoms with Gasteiger partial charge in [0.2, 0.25) is 0 Å². The van der Waals surface area contributed by atoms with E-state index in [0.717, 1.165) is 0 Å². The molecule has 0 aliphatic rings. The Morgan fingerprint density at radius 2 is 0.452 bits per heavy atom. The minimum absolute atomic E-state index is 0. The van der Waals surface area contributed by atoms with Crippen molar-refractivity contribution in [1.82, 2.24) is 0 Å². The quantitative estimate of drug-likeness (QED) is 0.131. The maximum atomic E-state index is 9.40. The molecule has 0 aliphatic heterocycles. The first-order valence-corrected chi connectivity index (χ1v) is 12.0. The number of aliphatic hydroxyl groups is 3. The van der Waals surface area contributed by atoms with Gasteiger partial charge < -0.3 is 78.7 Å². The fourth-order valence-electron chi connectivity index (χ4n) is 0.691. The van der Waals surface area contributed by atoms with Gasteiger partial charge in [0.15, 0.2) is 0 Å². The second kappa shape index (κ2) is 113. The summed E-state index contributed by atoms with van der Waals surface area (Å²) in [5, 5.41) is 70.8. The summed E-state index contributed by atoms with van der Waals surface area (Å²) in [6.07, 6.45) is 0. The van der Waals surface area contributed by atoms with Gasteiger partial charge in [-0.3, -0.25) is 0 Å². The molecule has 0 aromatic heterocycles. The summed E-state index contributed by atoms with van der Waals surface area (Å²) in [5.74, 6) is 0. The molecule has 0 aromatic carbocycles. The number of rotatable bonds is 16. The largest absolute Gasteiger partial charge is 3.00 e. The third-order valence-corrected chi connectivity index (χ3v) is 2.32. The van der Waals surface area contributed by atoms with Crippen LogP contribution in [0, 0.1) is 0 Å². The number of hydrogen-bond donors (Lipinski definition) is 3. The van der Waals surface area contributed by atoms with Crippen molar-refractivity contribution < 1.29 is 78.7 Å². The van der Waals surface area contributed by atoms with E-state index < -0.39 is 0 Å². The third-order valence-electron chi connectivity index (χ3n) is 2.32. The number of hydrogen-bond acceptors (Lipinski definition) is 16. The van der Waals surface area contributed by atoms with E-state index in [9.17, 15) is 25.5 Å². The van der Waals surface area contributed by atoms with Crippen LogP contribution in [0.15, 0.2) is 0 Å². The van der Waals surface area contributed by atoms with Gasteiger partial charge in [0.05, 0.1) is 39.6 Å². The Kier molecular flexibility index (Phi) is 187. The van der Waals surface area contributed by atoms with Crippen LogP contribution in [0.4, 0.5) is 0 Å². The summed E-state index contributed by atoms with van der Waals surface area (Å²) in [4.78, 5) is 0. The summed E-state index contributed by atoms with van der Waals surface area (Å²) in [7, 11) is 12.2. The molecule has 0 atom stereocenters. The van der Waals surface area contributed by atoms with Gasteiger partial charge >= 0.3 is 40.4 Å². The summed E-state index contributed by atoms with van der Waals surface area (Å²) >= 11 is 0. The molecule has 0 unspecified atom stereocenters. The van der Waals surface area contributed by atoms with Crippen molar-refractivity contribution >= 4 is 40.4 Å². The van der Waals surface area contributed by atoms with E-state index in [0.29, 0.717) is 52.9 Å². The van der Waals surface area contributed by atoms with E-state index in [-0.39, 0.29) is 93.3 Å². The molecular formula is C24H59AlMgO16. The van der Waals surface area contributed by atoms with Crippen LogP contribution < -0.4 is 25.5 Å². The molecule has 0 fully saturated rings. The van der Waals surface area contributed by atoms with Crippen molar-refractivity contribution in [1.29, 1.82) is 0 Å². The van der Waals surface area contributed by atoms with Gasteiger partial charge in [-0.15, -0.1) is 33.0 Å². The van der Waals surface area contributed by atoms with Crippen molar-refractivity contribution in [2.75, 3.05) is 163 Å². The summed E-state index contributed by atoms with van der Waals surface area (Å²) in [5.41, 5.74) is 0. The Morgan fingerprint density at radius 3 is 0.452 bits per heavy atom. The molecule has 0 saturated heterocycles. The molecule has 0 spiro atoms. The molecule has 0 heterocycles. The van der Waals surface area contributed by atoms with Crippen LogP contribution in [0.5, 0.6) is 0 Å². The smallest absolute Gasteiger partial charge is 0.853 e. The monoisotopic (exact) mass is 654 g/mol. The van der Waals surface area contributed by atoms with Crippen LogP contribution in [-0.4, -0.2) is 218 Å². The molecule has 3 N–H and O–H groups in total. The van der Waals surface area contributed by atoms with Gasteiger partial charge in [-0.25, -0.2) is 0 Å². The van der Waals surface area contributed by atoms with Crippen molar-refractivity contribution in [3.63, 3.8) is 0 Å². The fourth-order valence-corrected chi connectivity index (χ4v) is 0.691. The molecule has 18 heteroatoms. The first-order chi connectivity index (χ1) is 19.3. The molecule has 0 rings (SSSR count). The van der Waals surface area contributed by atoms with E-state index in [2.05, 4.69) is 37.9 Å². The van der Waals surface area contributed by atoms with Gasteiger partial charge in [-0.2, -0.15) is 0 Å². The predicted octanol–water partition coefficient (Wildman–Crippen LogP) is -6.92. The van der Waals surface area contributed by atoms with Crippen molar-refractivity contribution in [2.45, 2.75) is 0 Å². The molecule has 42 heavy (non-hydrogen) atoms. The van der Waals surface area contributed by atoms with Gasteiger partial charge in [-0.05, 0) is 0 Å². The van der Waals surface area contributed by atoms with E-state index in [1.54, 1.807) is 21.3 Å². The van der Waals surface area contributed by atoms with E-state index >= 15 is 0 Å². The Hall–Kier alpha value is 0.659. The average molecular weight is 655 g/mol. The molecule has 0 bridgehead atoms. The molecule has 0 saturated carbocycles. The first-order valence-electron chi connectivity index (χ1n) is 12.0. The summed E-state index contributed by atoms with van der Waals surface area (Å²) < 4.78 is 35.2. The van der Waals surface area contributed by atoms with Gasteiger partial charge in [0.25, 0.3) is 0 Å². The van der Waals surface area contributed by atoms with Crippen LogP contribution in [0.1, 0.15) is 0 Å². The summed E-state index contributed by atoms with van der Waals surface area (Å²) in [6, 6.07) is 0. The zero-order valence-electron chi connectivity index (χ0n) is 27.2. The molecule has 0 amide bonds. The van der Waals surface area contributed by atoms with E-state index in [1.807, 2.05) is 0 Å². The van der Waals surface area contributed by atoms with Gasteiger partial charge in [-0.1, -0.05) is 0 Å². The van der Waals surface area contributed by atoms with E-state index in [1.165, 1.54) is 35.5 Å². The minimum Gasteiger partial charge on any atom is -0.853 e. The second-order valence-corrected chi connectivity index (χ2v) is 5.63. The first kappa shape index (κ1) is 69.4. The van der Waals surface area contributed by atoms with Crippen molar-refractivity contribution in [3.8, 4) is 0 Å². The summed E-state index contributed by atoms with van der Waals surface area (Å²) in [6.45, 7) is 2.72. The van der Waals surface area contributed by atoms with Crippen LogP contribution in [0.25, 0.3) is 0 Å². The normalized spacial score (nSPS) is 8.00. The predicted molar refractivity (Wildman–Crippen MR) is 152 cm³/mol. The zero-order chi connectivity index (χ0) is 33.0. The standard InChI is InChI=1S/3C3H8O2.5C3H7O2.Al.Mg/c8*1-5-3-2-4;;/h3*4H,2-3H2,1H3;5*2-3H2,1H3;;/q;;;5*-1;+3;+2. The number of ether oxygens (including phenoxy) is 8. The second-order valence-electron chi connectivity index (χ2n) is 5.63.